The van der Waals surface area contributed by atoms with Crippen LogP contribution in [-0.2, 0) is 4.74 Å². The average molecular weight is 250 g/mol. The van der Waals surface area contributed by atoms with E-state index in [1.54, 1.807) is 13.4 Å². The largest absolute Gasteiger partial charge is 0.383 e. The molecule has 0 bridgehead atoms. The Bertz CT molecular complexity index is 372. The van der Waals surface area contributed by atoms with Crippen molar-refractivity contribution in [3.05, 3.63) is 18.1 Å². The fraction of sp³-hybridized carbons (Fsp3) is 0.692. The maximum absolute atomic E-state index is 5.04. The van der Waals surface area contributed by atoms with Gasteiger partial charge in [-0.25, -0.2) is 9.97 Å². The molecule has 1 saturated heterocycles. The molecule has 1 unspecified atom stereocenters. The summed E-state index contributed by atoms with van der Waals surface area (Å²) < 4.78 is 5.04. The van der Waals surface area contributed by atoms with Crippen LogP contribution in [0.1, 0.15) is 18.5 Å². The highest BCUT2D eigenvalue weighted by Gasteiger charge is 2.25. The van der Waals surface area contributed by atoms with E-state index in [-0.39, 0.29) is 0 Å². The van der Waals surface area contributed by atoms with Crippen molar-refractivity contribution in [1.82, 2.24) is 15.3 Å². The van der Waals surface area contributed by atoms with Gasteiger partial charge in [0.1, 0.15) is 12.1 Å². The molecule has 0 spiro atoms. The highest BCUT2D eigenvalue weighted by atomic mass is 16.5. The molecule has 2 rings (SSSR count). The lowest BCUT2D eigenvalue weighted by molar-refractivity contribution is 0.199. The van der Waals surface area contributed by atoms with Crippen LogP contribution in [0.5, 0.6) is 0 Å². The Morgan fingerprint density at radius 2 is 2.39 bits per heavy atom. The summed E-state index contributed by atoms with van der Waals surface area (Å²) in [6.07, 6.45) is 4.11. The highest BCUT2D eigenvalue weighted by molar-refractivity contribution is 5.41. The molecule has 0 saturated carbocycles. The van der Waals surface area contributed by atoms with Crippen molar-refractivity contribution in [2.75, 3.05) is 38.3 Å². The van der Waals surface area contributed by atoms with E-state index in [9.17, 15) is 0 Å². The molecule has 5 heteroatoms. The summed E-state index contributed by atoms with van der Waals surface area (Å²) in [5.74, 6) is 1.05. The lowest BCUT2D eigenvalue weighted by atomic mass is 10.2. The van der Waals surface area contributed by atoms with Gasteiger partial charge in [-0.15, -0.1) is 0 Å². The van der Waals surface area contributed by atoms with Gasteiger partial charge in [0, 0.05) is 44.5 Å². The maximum atomic E-state index is 5.04. The molecule has 1 aliphatic rings. The number of rotatable bonds is 6. The Labute approximate surface area is 109 Å². The van der Waals surface area contributed by atoms with Crippen molar-refractivity contribution in [1.29, 1.82) is 0 Å². The quantitative estimate of drug-likeness (QED) is 0.763. The van der Waals surface area contributed by atoms with Crippen LogP contribution in [0.15, 0.2) is 12.4 Å². The van der Waals surface area contributed by atoms with Crippen LogP contribution in [0.2, 0.25) is 0 Å². The van der Waals surface area contributed by atoms with Crippen LogP contribution in [-0.4, -0.2) is 49.4 Å². The van der Waals surface area contributed by atoms with Gasteiger partial charge in [-0.1, -0.05) is 0 Å². The number of methoxy groups -OCH3 is 1. The van der Waals surface area contributed by atoms with Crippen LogP contribution in [0.4, 0.5) is 5.82 Å². The molecule has 1 aromatic heterocycles. The fourth-order valence-corrected chi connectivity index (χ4v) is 2.39. The lowest BCUT2D eigenvalue weighted by Gasteiger charge is -2.26. The highest BCUT2D eigenvalue weighted by Crippen LogP contribution is 2.23. The van der Waals surface area contributed by atoms with Crippen molar-refractivity contribution >= 4 is 5.82 Å². The van der Waals surface area contributed by atoms with Gasteiger partial charge in [0.05, 0.1) is 6.61 Å². The first-order valence-corrected chi connectivity index (χ1v) is 6.56. The fourth-order valence-electron chi connectivity index (χ4n) is 2.39. The maximum Gasteiger partial charge on any atom is 0.132 e. The molecule has 5 nitrogen and oxygen atoms in total. The van der Waals surface area contributed by atoms with Crippen LogP contribution >= 0.6 is 0 Å². The van der Waals surface area contributed by atoms with Crippen LogP contribution in [0.3, 0.4) is 0 Å². The number of anilines is 1. The first-order valence-electron chi connectivity index (χ1n) is 6.56. The summed E-state index contributed by atoms with van der Waals surface area (Å²) in [7, 11) is 1.73. The Kier molecular flexibility index (Phi) is 4.90. The monoisotopic (exact) mass is 250 g/mol. The van der Waals surface area contributed by atoms with Gasteiger partial charge in [0.2, 0.25) is 0 Å². The van der Waals surface area contributed by atoms with Crippen molar-refractivity contribution in [3.8, 4) is 0 Å². The zero-order valence-corrected chi connectivity index (χ0v) is 11.2. The molecule has 0 radical (unpaired) electrons. The van der Waals surface area contributed by atoms with E-state index in [0.29, 0.717) is 6.04 Å². The zero-order valence-electron chi connectivity index (χ0n) is 11.2. The van der Waals surface area contributed by atoms with Crippen molar-refractivity contribution < 1.29 is 4.74 Å². The van der Waals surface area contributed by atoms with E-state index in [0.717, 1.165) is 37.8 Å². The number of ether oxygens (including phenoxy) is 1. The average Bonchev–Trinajstić information content (AvgIpc) is 2.83. The smallest absolute Gasteiger partial charge is 0.132 e. The standard InChI is InChI=1S/C13H22N4O/c1-11-8-13(16-10-15-11)17-6-3-4-12(17)9-14-5-7-18-2/h8,10,12,14H,3-7,9H2,1-2H3. The first-order chi connectivity index (χ1) is 8.81. The molecule has 1 N–H and O–H groups in total. The van der Waals surface area contributed by atoms with Crippen LogP contribution in [0, 0.1) is 6.92 Å². The second-order valence-corrected chi connectivity index (χ2v) is 4.70. The molecule has 1 atom stereocenters. The predicted molar refractivity (Wildman–Crippen MR) is 71.9 cm³/mol. The van der Waals surface area contributed by atoms with Crippen molar-refractivity contribution in [3.63, 3.8) is 0 Å². The normalized spacial score (nSPS) is 19.4. The van der Waals surface area contributed by atoms with E-state index < -0.39 is 0 Å². The summed E-state index contributed by atoms with van der Waals surface area (Å²) in [6, 6.07) is 2.60. The molecule has 1 fully saturated rings. The van der Waals surface area contributed by atoms with E-state index in [2.05, 4.69) is 26.3 Å². The SMILES string of the molecule is COCCNCC1CCCN1c1cc(C)ncn1. The molecular formula is C13H22N4O. The Balaban J connectivity index is 1.91. The van der Waals surface area contributed by atoms with Gasteiger partial charge in [0.15, 0.2) is 0 Å². The molecule has 0 amide bonds. The van der Waals surface area contributed by atoms with Gasteiger partial charge in [-0.2, -0.15) is 0 Å². The molecule has 2 heterocycles. The van der Waals surface area contributed by atoms with Crippen LogP contribution < -0.4 is 10.2 Å². The topological polar surface area (TPSA) is 50.3 Å². The third kappa shape index (κ3) is 3.40. The molecule has 1 aromatic rings. The van der Waals surface area contributed by atoms with Crippen LogP contribution in [0.25, 0.3) is 0 Å². The minimum absolute atomic E-state index is 0.538. The minimum atomic E-state index is 0.538. The molecule has 18 heavy (non-hydrogen) atoms. The molecule has 0 aromatic carbocycles. The van der Waals surface area contributed by atoms with Gasteiger partial charge >= 0.3 is 0 Å². The number of nitrogens with zero attached hydrogens (tertiary/aromatic N) is 3. The summed E-state index contributed by atoms with van der Waals surface area (Å²) in [5, 5.41) is 3.43. The number of aromatic nitrogens is 2. The summed E-state index contributed by atoms with van der Waals surface area (Å²) in [4.78, 5) is 10.9. The van der Waals surface area contributed by atoms with Crippen molar-refractivity contribution in [2.24, 2.45) is 0 Å². The van der Waals surface area contributed by atoms with E-state index in [1.807, 2.05) is 6.92 Å². The summed E-state index contributed by atoms with van der Waals surface area (Å²) in [6.45, 7) is 5.76. The third-order valence-electron chi connectivity index (χ3n) is 3.32. The van der Waals surface area contributed by atoms with Gasteiger partial charge < -0.3 is 15.0 Å². The lowest BCUT2D eigenvalue weighted by Crippen LogP contribution is -2.39. The molecule has 1 aliphatic heterocycles. The number of nitrogens with one attached hydrogen (secondary N) is 1. The summed E-state index contributed by atoms with van der Waals surface area (Å²) >= 11 is 0. The second-order valence-electron chi connectivity index (χ2n) is 4.70. The number of hydrogen-bond acceptors (Lipinski definition) is 5. The number of hydrogen-bond donors (Lipinski definition) is 1. The Morgan fingerprint density at radius 1 is 1.50 bits per heavy atom. The summed E-state index contributed by atoms with van der Waals surface area (Å²) in [5.41, 5.74) is 1.03. The third-order valence-corrected chi connectivity index (χ3v) is 3.32. The van der Waals surface area contributed by atoms with E-state index >= 15 is 0 Å². The first kappa shape index (κ1) is 13.2. The molecular weight excluding hydrogens is 228 g/mol. The zero-order chi connectivity index (χ0) is 12.8. The van der Waals surface area contributed by atoms with E-state index in [4.69, 9.17) is 4.74 Å². The second kappa shape index (κ2) is 6.66. The van der Waals surface area contributed by atoms with Gasteiger partial charge in [-0.05, 0) is 19.8 Å². The molecule has 100 valence electrons. The van der Waals surface area contributed by atoms with Gasteiger partial charge in [-0.3, -0.25) is 0 Å². The minimum Gasteiger partial charge on any atom is -0.383 e. The Hall–Kier alpha value is -1.20. The number of aryl methyl sites for hydroxylation is 1. The van der Waals surface area contributed by atoms with E-state index in [1.165, 1.54) is 12.8 Å². The van der Waals surface area contributed by atoms with Gasteiger partial charge in [0.25, 0.3) is 0 Å². The Morgan fingerprint density at radius 3 is 3.17 bits per heavy atom. The predicted octanol–water partition coefficient (Wildman–Crippen LogP) is 0.990. The van der Waals surface area contributed by atoms with Crippen molar-refractivity contribution in [2.45, 2.75) is 25.8 Å². The molecule has 0 aliphatic carbocycles.